The molecule has 0 bridgehead atoms. The molecular formula is C47H59NO8Si. The number of hydrogen-bond donors (Lipinski definition) is 0. The van der Waals surface area contributed by atoms with Crippen molar-refractivity contribution in [2.45, 2.75) is 115 Å². The molecule has 5 atom stereocenters. The van der Waals surface area contributed by atoms with Gasteiger partial charge in [0.2, 0.25) is 5.91 Å². The Morgan fingerprint density at radius 2 is 1.07 bits per heavy atom. The highest BCUT2D eigenvalue weighted by Gasteiger charge is 2.53. The summed E-state index contributed by atoms with van der Waals surface area (Å²) >= 11 is 0. The van der Waals surface area contributed by atoms with Crippen molar-refractivity contribution in [2.75, 3.05) is 13.2 Å². The number of nitrogens with zero attached hydrogens (tertiary/aromatic N) is 1. The van der Waals surface area contributed by atoms with Crippen molar-refractivity contribution in [3.05, 3.63) is 144 Å². The van der Waals surface area contributed by atoms with Crippen molar-refractivity contribution in [1.29, 1.82) is 0 Å². The molecule has 2 amide bonds. The summed E-state index contributed by atoms with van der Waals surface area (Å²) in [6, 6.07) is 40.4. The van der Waals surface area contributed by atoms with Crippen LogP contribution in [0.3, 0.4) is 0 Å². The molecule has 0 N–H and O–H groups in total. The highest BCUT2D eigenvalue weighted by atomic mass is 28.3. The molecule has 9 nitrogen and oxygen atoms in total. The number of carbonyl (C=O) groups is 2. The number of imide groups is 1. The first-order valence-corrected chi connectivity index (χ1v) is 24.2. The highest BCUT2D eigenvalue weighted by Crippen LogP contribution is 2.35. The van der Waals surface area contributed by atoms with Gasteiger partial charge < -0.3 is 28.4 Å². The van der Waals surface area contributed by atoms with Gasteiger partial charge in [-0.15, -0.1) is 0 Å². The normalized spacial score (nSPS) is 21.5. The van der Waals surface area contributed by atoms with E-state index in [-0.39, 0.29) is 44.9 Å². The van der Waals surface area contributed by atoms with Gasteiger partial charge >= 0.3 is 6.09 Å². The van der Waals surface area contributed by atoms with Gasteiger partial charge in [-0.3, -0.25) is 4.79 Å². The van der Waals surface area contributed by atoms with E-state index in [1.165, 1.54) is 4.90 Å². The third kappa shape index (κ3) is 12.9. The summed E-state index contributed by atoms with van der Waals surface area (Å²) in [5.41, 5.74) is 3.87. The van der Waals surface area contributed by atoms with E-state index in [0.717, 1.165) is 47.6 Å². The molecule has 4 aromatic carbocycles. The van der Waals surface area contributed by atoms with Crippen LogP contribution in [0.5, 0.6) is 0 Å². The lowest BCUT2D eigenvalue weighted by Crippen LogP contribution is -2.67. The summed E-state index contributed by atoms with van der Waals surface area (Å²) in [5.74, 6) is -0.648. The molecule has 6 rings (SSSR count). The minimum Gasteiger partial charge on any atom is -0.449 e. The molecule has 2 fully saturated rings. The maximum atomic E-state index is 14.8. The van der Waals surface area contributed by atoms with E-state index >= 15 is 0 Å². The van der Waals surface area contributed by atoms with E-state index in [1.807, 2.05) is 121 Å². The van der Waals surface area contributed by atoms with Gasteiger partial charge in [0.05, 0.1) is 39.6 Å². The Kier molecular flexibility index (Phi) is 16.0. The Morgan fingerprint density at radius 1 is 0.614 bits per heavy atom. The summed E-state index contributed by atoms with van der Waals surface area (Å²) in [6.45, 7) is 8.05. The molecule has 4 aromatic rings. The predicted octanol–water partition coefficient (Wildman–Crippen LogP) is 9.57. The molecule has 1 heterocycles. The minimum atomic E-state index is -1.57. The zero-order valence-corrected chi connectivity index (χ0v) is 34.7. The summed E-state index contributed by atoms with van der Waals surface area (Å²) in [7, 11) is -1.57. The first kappa shape index (κ1) is 42.4. The average Bonchev–Trinajstić information content (AvgIpc) is 3.23. The van der Waals surface area contributed by atoms with E-state index < -0.39 is 44.8 Å². The lowest BCUT2D eigenvalue weighted by molar-refractivity contribution is -0.293. The molecule has 10 heteroatoms. The monoisotopic (exact) mass is 793 g/mol. The number of rotatable bonds is 18. The smallest absolute Gasteiger partial charge is 0.418 e. The van der Waals surface area contributed by atoms with Crippen LogP contribution in [-0.2, 0) is 59.6 Å². The van der Waals surface area contributed by atoms with Crippen molar-refractivity contribution < 1.29 is 38.0 Å². The van der Waals surface area contributed by atoms with Crippen LogP contribution in [0.1, 0.15) is 54.4 Å². The molecule has 2 aliphatic rings. The number of amides is 2. The first-order chi connectivity index (χ1) is 27.7. The van der Waals surface area contributed by atoms with Crippen molar-refractivity contribution >= 4 is 20.1 Å². The topological polar surface area (TPSA) is 92.8 Å². The van der Waals surface area contributed by atoms with Crippen molar-refractivity contribution in [2.24, 2.45) is 5.92 Å². The predicted molar refractivity (Wildman–Crippen MR) is 223 cm³/mol. The number of hydrogen-bond acceptors (Lipinski definition) is 8. The quantitative estimate of drug-likeness (QED) is 0.0921. The van der Waals surface area contributed by atoms with Crippen LogP contribution in [0.2, 0.25) is 25.7 Å². The van der Waals surface area contributed by atoms with E-state index in [0.29, 0.717) is 19.4 Å². The fourth-order valence-corrected chi connectivity index (χ4v) is 8.07. The van der Waals surface area contributed by atoms with Crippen LogP contribution in [-0.4, -0.2) is 68.8 Å². The maximum Gasteiger partial charge on any atom is 0.418 e. The Hall–Kier alpha value is -4.16. The molecule has 304 valence electrons. The molecule has 0 spiro atoms. The molecule has 1 aliphatic carbocycles. The average molecular weight is 794 g/mol. The SMILES string of the molecule is C[Si](C)(C)CCOC(=O)N(C(=O)C1CCCCC1)[C@@H]1O[C@H](COCc2ccccc2)[C@@H](OCc2ccccc2)[C@H](OCc2ccccc2)[C@H]1OCc1ccccc1. The van der Waals surface area contributed by atoms with Gasteiger partial charge in [-0.25, -0.2) is 9.69 Å². The Morgan fingerprint density at radius 3 is 1.56 bits per heavy atom. The van der Waals surface area contributed by atoms with Crippen molar-refractivity contribution in [3.8, 4) is 0 Å². The van der Waals surface area contributed by atoms with Crippen LogP contribution in [0.15, 0.2) is 121 Å². The Bertz CT molecular complexity index is 1770. The molecule has 0 unspecified atom stereocenters. The fourth-order valence-electron chi connectivity index (χ4n) is 7.35. The van der Waals surface area contributed by atoms with Gasteiger partial charge in [0, 0.05) is 14.0 Å². The highest BCUT2D eigenvalue weighted by molar-refractivity contribution is 6.76. The minimum absolute atomic E-state index is 0.109. The van der Waals surface area contributed by atoms with Crippen LogP contribution in [0.4, 0.5) is 4.79 Å². The van der Waals surface area contributed by atoms with E-state index in [4.69, 9.17) is 28.4 Å². The molecule has 0 aromatic heterocycles. The van der Waals surface area contributed by atoms with Gasteiger partial charge in [-0.05, 0) is 41.1 Å². The summed E-state index contributed by atoms with van der Waals surface area (Å²) in [4.78, 5) is 30.5. The van der Waals surface area contributed by atoms with Crippen LogP contribution >= 0.6 is 0 Å². The Labute approximate surface area is 339 Å². The van der Waals surface area contributed by atoms with Gasteiger partial charge in [-0.1, -0.05) is 160 Å². The zero-order valence-electron chi connectivity index (χ0n) is 33.7. The van der Waals surface area contributed by atoms with Crippen molar-refractivity contribution in [3.63, 3.8) is 0 Å². The largest absolute Gasteiger partial charge is 0.449 e. The standard InChI is InChI=1S/C47H59NO8Si/c1-57(2,3)30-29-52-47(50)48(45(49)40-27-17-8-18-28-40)46-44(55-34-39-25-15-7-16-26-39)43(54-33-38-23-13-6-14-24-38)42(53-32-37-21-11-5-12-22-37)41(56-46)35-51-31-36-19-9-4-10-20-36/h4-7,9-16,19-26,40-44,46H,8,17-18,27-35H2,1-3H3/t41-,42-,43+,44-,46-/m1/s1. The van der Waals surface area contributed by atoms with E-state index in [1.54, 1.807) is 0 Å². The maximum absolute atomic E-state index is 14.8. The zero-order chi connectivity index (χ0) is 39.9. The van der Waals surface area contributed by atoms with Gasteiger partial charge in [0.15, 0.2) is 6.23 Å². The third-order valence-electron chi connectivity index (χ3n) is 10.6. The second-order valence-corrected chi connectivity index (χ2v) is 21.9. The summed E-state index contributed by atoms with van der Waals surface area (Å²) < 4.78 is 39.9. The first-order valence-electron chi connectivity index (χ1n) is 20.5. The number of ether oxygens (including phenoxy) is 6. The van der Waals surface area contributed by atoms with E-state index in [2.05, 4.69) is 19.6 Å². The fraction of sp³-hybridized carbons (Fsp3) is 0.447. The van der Waals surface area contributed by atoms with Crippen LogP contribution in [0, 0.1) is 5.92 Å². The summed E-state index contributed by atoms with van der Waals surface area (Å²) in [5, 5.41) is 0. The third-order valence-corrected chi connectivity index (χ3v) is 12.3. The Balaban J connectivity index is 1.40. The number of carbonyl (C=O) groups excluding carboxylic acids is 2. The van der Waals surface area contributed by atoms with Gasteiger partial charge in [-0.2, -0.15) is 0 Å². The van der Waals surface area contributed by atoms with Gasteiger partial charge in [0.25, 0.3) is 0 Å². The summed E-state index contributed by atoms with van der Waals surface area (Å²) in [6.07, 6.45) is -0.834. The lowest BCUT2D eigenvalue weighted by Gasteiger charge is -2.48. The molecule has 0 radical (unpaired) electrons. The van der Waals surface area contributed by atoms with Crippen molar-refractivity contribution in [1.82, 2.24) is 4.90 Å². The lowest BCUT2D eigenvalue weighted by atomic mass is 9.87. The molecule has 57 heavy (non-hydrogen) atoms. The van der Waals surface area contributed by atoms with E-state index in [9.17, 15) is 9.59 Å². The van der Waals surface area contributed by atoms with Gasteiger partial charge in [0.1, 0.15) is 24.4 Å². The van der Waals surface area contributed by atoms with Crippen LogP contribution in [0.25, 0.3) is 0 Å². The number of benzene rings is 4. The molecule has 1 saturated heterocycles. The second kappa shape index (κ2) is 21.6. The van der Waals surface area contributed by atoms with Crippen LogP contribution < -0.4 is 0 Å². The second-order valence-electron chi connectivity index (χ2n) is 16.3. The molecule has 1 saturated carbocycles. The molecular weight excluding hydrogens is 735 g/mol. The molecule has 1 aliphatic heterocycles.